The molecule has 2 unspecified atom stereocenters. The first-order valence-electron chi connectivity index (χ1n) is 8.80. The Balaban J connectivity index is 1.79. The summed E-state index contributed by atoms with van der Waals surface area (Å²) in [5.74, 6) is -1.62. The van der Waals surface area contributed by atoms with E-state index in [-0.39, 0.29) is 30.5 Å². The normalized spacial score (nSPS) is 12.7. The van der Waals surface area contributed by atoms with Gasteiger partial charge in [0.1, 0.15) is 5.82 Å². The molecule has 5 nitrogen and oxygen atoms in total. The Bertz CT molecular complexity index is 836. The summed E-state index contributed by atoms with van der Waals surface area (Å²) >= 11 is 3.29. The fourth-order valence-corrected chi connectivity index (χ4v) is 2.74. The number of ether oxygens (including phenoxy) is 1. The van der Waals surface area contributed by atoms with Gasteiger partial charge in [-0.1, -0.05) is 40.2 Å². The number of hydrogen-bond acceptors (Lipinski definition) is 4. The van der Waals surface area contributed by atoms with Crippen molar-refractivity contribution in [2.24, 2.45) is 0 Å². The molecule has 0 spiro atoms. The highest BCUT2D eigenvalue weighted by Gasteiger charge is 2.20. The van der Waals surface area contributed by atoms with Crippen LogP contribution in [0.5, 0.6) is 0 Å². The van der Waals surface area contributed by atoms with Gasteiger partial charge in [0.05, 0.1) is 12.5 Å². The maximum absolute atomic E-state index is 13.0. The first-order valence-corrected chi connectivity index (χ1v) is 9.59. The molecule has 0 aliphatic heterocycles. The second-order valence-corrected chi connectivity index (χ2v) is 7.26. The van der Waals surface area contributed by atoms with Gasteiger partial charge in [0.25, 0.3) is 5.91 Å². The summed E-state index contributed by atoms with van der Waals surface area (Å²) < 4.78 is 18.9. The average Bonchev–Trinajstić information content (AvgIpc) is 2.67. The molecular weight excluding hydrogens is 429 g/mol. The Kier molecular flexibility index (Phi) is 7.87. The van der Waals surface area contributed by atoms with Crippen molar-refractivity contribution in [2.45, 2.75) is 38.8 Å². The fraction of sp³-hybridized carbons (Fsp3) is 0.286. The zero-order chi connectivity index (χ0) is 20.7. The number of hydrogen-bond donors (Lipinski definition) is 1. The van der Waals surface area contributed by atoms with Crippen LogP contribution in [0.2, 0.25) is 0 Å². The highest BCUT2D eigenvalue weighted by atomic mass is 79.9. The molecule has 28 heavy (non-hydrogen) atoms. The van der Waals surface area contributed by atoms with Crippen molar-refractivity contribution in [3.63, 3.8) is 0 Å². The third kappa shape index (κ3) is 6.56. The molecule has 2 aromatic rings. The van der Waals surface area contributed by atoms with E-state index in [0.717, 1.165) is 10.0 Å². The molecule has 0 saturated carbocycles. The topological polar surface area (TPSA) is 72.5 Å². The first-order chi connectivity index (χ1) is 13.3. The van der Waals surface area contributed by atoms with Gasteiger partial charge in [-0.05, 0) is 43.7 Å². The number of rotatable bonds is 8. The molecule has 0 fully saturated rings. The van der Waals surface area contributed by atoms with Crippen molar-refractivity contribution in [3.8, 4) is 0 Å². The maximum atomic E-state index is 13.0. The van der Waals surface area contributed by atoms with Gasteiger partial charge in [-0.25, -0.2) is 4.39 Å². The number of Topliss-reactive ketones (excluding diaryl/α,β-unsaturated/α-hetero) is 1. The van der Waals surface area contributed by atoms with Crippen LogP contribution in [0.25, 0.3) is 0 Å². The van der Waals surface area contributed by atoms with E-state index < -0.39 is 18.0 Å². The van der Waals surface area contributed by atoms with E-state index in [1.807, 2.05) is 0 Å². The molecule has 0 radical (unpaired) electrons. The number of halogens is 2. The second-order valence-electron chi connectivity index (χ2n) is 6.34. The van der Waals surface area contributed by atoms with E-state index in [2.05, 4.69) is 21.2 Å². The number of nitrogens with one attached hydrogen (secondary N) is 1. The lowest BCUT2D eigenvalue weighted by Crippen LogP contribution is -2.37. The van der Waals surface area contributed by atoms with E-state index in [0.29, 0.717) is 5.56 Å². The SMILES string of the molecule is CC(OC(=O)CCC(=O)c1ccc(Br)cc1)C(=O)NC(C)c1ccc(F)cc1. The van der Waals surface area contributed by atoms with Crippen molar-refractivity contribution in [2.75, 3.05) is 0 Å². The molecule has 0 aromatic heterocycles. The van der Waals surface area contributed by atoms with E-state index in [4.69, 9.17) is 4.74 Å². The van der Waals surface area contributed by atoms with Crippen LogP contribution in [-0.2, 0) is 14.3 Å². The molecule has 2 atom stereocenters. The Labute approximate surface area is 171 Å². The van der Waals surface area contributed by atoms with Crippen LogP contribution < -0.4 is 5.32 Å². The summed E-state index contributed by atoms with van der Waals surface area (Å²) in [6, 6.07) is 12.2. The van der Waals surface area contributed by atoms with Gasteiger partial charge in [-0.15, -0.1) is 0 Å². The molecule has 0 bridgehead atoms. The minimum absolute atomic E-state index is 0.000781. The van der Waals surface area contributed by atoms with Crippen LogP contribution in [0.15, 0.2) is 53.0 Å². The van der Waals surface area contributed by atoms with Crippen molar-refractivity contribution in [1.29, 1.82) is 0 Å². The van der Waals surface area contributed by atoms with E-state index in [1.165, 1.54) is 19.1 Å². The Morgan fingerprint density at radius 2 is 1.61 bits per heavy atom. The van der Waals surface area contributed by atoms with Gasteiger partial charge in [0.2, 0.25) is 0 Å². The predicted octanol–water partition coefficient (Wildman–Crippen LogP) is 4.36. The van der Waals surface area contributed by atoms with Gasteiger partial charge < -0.3 is 10.1 Å². The van der Waals surface area contributed by atoms with Gasteiger partial charge in [-0.3, -0.25) is 14.4 Å². The van der Waals surface area contributed by atoms with Gasteiger partial charge >= 0.3 is 5.97 Å². The van der Waals surface area contributed by atoms with Crippen molar-refractivity contribution in [3.05, 3.63) is 69.9 Å². The molecule has 1 amide bonds. The van der Waals surface area contributed by atoms with Crippen molar-refractivity contribution in [1.82, 2.24) is 5.32 Å². The molecular formula is C21H21BrFNO4. The van der Waals surface area contributed by atoms with Crippen LogP contribution in [0.4, 0.5) is 4.39 Å². The molecule has 0 aliphatic carbocycles. The highest BCUT2D eigenvalue weighted by molar-refractivity contribution is 9.10. The molecule has 2 aromatic carbocycles. The monoisotopic (exact) mass is 449 g/mol. The number of ketones is 1. The fourth-order valence-electron chi connectivity index (χ4n) is 2.47. The number of esters is 1. The van der Waals surface area contributed by atoms with Crippen LogP contribution in [0, 0.1) is 5.82 Å². The van der Waals surface area contributed by atoms with Crippen LogP contribution in [-0.4, -0.2) is 23.8 Å². The molecule has 0 aliphatic rings. The largest absolute Gasteiger partial charge is 0.453 e. The van der Waals surface area contributed by atoms with Gasteiger partial charge in [0, 0.05) is 16.5 Å². The summed E-state index contributed by atoms with van der Waals surface area (Å²) in [6.07, 6.45) is -1.11. The third-order valence-corrected chi connectivity index (χ3v) is 4.66. The molecule has 148 valence electrons. The number of amides is 1. The van der Waals surface area contributed by atoms with Crippen LogP contribution in [0.3, 0.4) is 0 Å². The lowest BCUT2D eigenvalue weighted by Gasteiger charge is -2.18. The number of benzene rings is 2. The smallest absolute Gasteiger partial charge is 0.307 e. The number of carbonyl (C=O) groups excluding carboxylic acids is 3. The summed E-state index contributed by atoms with van der Waals surface area (Å²) in [5.41, 5.74) is 1.24. The summed E-state index contributed by atoms with van der Waals surface area (Å²) in [6.45, 7) is 3.21. The number of carbonyl (C=O) groups is 3. The van der Waals surface area contributed by atoms with E-state index >= 15 is 0 Å². The zero-order valence-corrected chi connectivity index (χ0v) is 17.2. The molecule has 0 saturated heterocycles. The van der Waals surface area contributed by atoms with Crippen LogP contribution >= 0.6 is 15.9 Å². The van der Waals surface area contributed by atoms with Crippen molar-refractivity contribution < 1.29 is 23.5 Å². The standard InChI is InChI=1S/C21H21BrFNO4/c1-13(15-5-9-18(23)10-6-15)24-21(27)14(2)28-20(26)12-11-19(25)16-3-7-17(22)8-4-16/h3-10,13-14H,11-12H2,1-2H3,(H,24,27). The predicted molar refractivity (Wildman–Crippen MR) is 106 cm³/mol. The highest BCUT2D eigenvalue weighted by Crippen LogP contribution is 2.14. The minimum atomic E-state index is -1.00. The lowest BCUT2D eigenvalue weighted by molar-refractivity contribution is -0.155. The first kappa shape index (κ1) is 21.8. The molecule has 2 rings (SSSR count). The van der Waals surface area contributed by atoms with E-state index in [1.54, 1.807) is 43.3 Å². The Morgan fingerprint density at radius 3 is 2.21 bits per heavy atom. The zero-order valence-electron chi connectivity index (χ0n) is 15.6. The average molecular weight is 450 g/mol. The summed E-state index contributed by atoms with van der Waals surface area (Å²) in [5, 5.41) is 2.71. The van der Waals surface area contributed by atoms with Crippen LogP contribution in [0.1, 0.15) is 48.7 Å². The maximum Gasteiger partial charge on any atom is 0.307 e. The molecule has 7 heteroatoms. The summed E-state index contributed by atoms with van der Waals surface area (Å²) in [7, 11) is 0. The summed E-state index contributed by atoms with van der Waals surface area (Å²) in [4.78, 5) is 36.2. The lowest BCUT2D eigenvalue weighted by atomic mass is 10.1. The van der Waals surface area contributed by atoms with Crippen molar-refractivity contribution >= 4 is 33.6 Å². The Hall–Kier alpha value is -2.54. The molecule has 0 heterocycles. The second kappa shape index (κ2) is 10.1. The minimum Gasteiger partial charge on any atom is -0.453 e. The Morgan fingerprint density at radius 1 is 1.00 bits per heavy atom. The van der Waals surface area contributed by atoms with E-state index in [9.17, 15) is 18.8 Å². The molecule has 1 N–H and O–H groups in total. The van der Waals surface area contributed by atoms with Gasteiger partial charge in [0.15, 0.2) is 11.9 Å². The quantitative estimate of drug-likeness (QED) is 0.479. The van der Waals surface area contributed by atoms with Gasteiger partial charge in [-0.2, -0.15) is 0 Å². The third-order valence-electron chi connectivity index (χ3n) is 4.13.